The van der Waals surface area contributed by atoms with Crippen molar-refractivity contribution in [3.63, 3.8) is 0 Å². The van der Waals surface area contributed by atoms with Gasteiger partial charge in [-0.3, -0.25) is 14.9 Å². The van der Waals surface area contributed by atoms with Crippen LogP contribution in [0.2, 0.25) is 0 Å². The highest BCUT2D eigenvalue weighted by Crippen LogP contribution is 2.20. The monoisotopic (exact) mass is 275 g/mol. The van der Waals surface area contributed by atoms with Gasteiger partial charge in [-0.05, 0) is 13.0 Å². The summed E-state index contributed by atoms with van der Waals surface area (Å²) in [6.07, 6.45) is 3.21. The third-order valence-corrected chi connectivity index (χ3v) is 2.77. The molecule has 0 saturated heterocycles. The minimum absolute atomic E-state index is 0.0672. The summed E-state index contributed by atoms with van der Waals surface area (Å²) in [5.74, 6) is 0.0949. The number of aromatic nitrogens is 2. The van der Waals surface area contributed by atoms with Crippen LogP contribution in [0.5, 0.6) is 0 Å². The predicted octanol–water partition coefficient (Wildman–Crippen LogP) is 1.39. The van der Waals surface area contributed by atoms with Gasteiger partial charge in [-0.1, -0.05) is 0 Å². The number of amides is 1. The smallest absolute Gasteiger partial charge is 0.270 e. The summed E-state index contributed by atoms with van der Waals surface area (Å²) in [5.41, 5.74) is 5.74. The lowest BCUT2D eigenvalue weighted by Gasteiger charge is -2.12. The summed E-state index contributed by atoms with van der Waals surface area (Å²) in [7, 11) is 0. The summed E-state index contributed by atoms with van der Waals surface area (Å²) < 4.78 is 0. The Kier molecular flexibility index (Phi) is 3.65. The van der Waals surface area contributed by atoms with E-state index >= 15 is 0 Å². The largest absolute Gasteiger partial charge is 0.398 e. The highest BCUT2D eigenvalue weighted by Gasteiger charge is 2.18. The Labute approximate surface area is 114 Å². The van der Waals surface area contributed by atoms with Crippen molar-refractivity contribution < 1.29 is 9.72 Å². The number of imidazole rings is 1. The lowest BCUT2D eigenvalue weighted by atomic mass is 10.1. The fraction of sp³-hybridized carbons (Fsp3) is 0.167. The summed E-state index contributed by atoms with van der Waals surface area (Å²) in [4.78, 5) is 29.1. The van der Waals surface area contributed by atoms with Gasteiger partial charge in [0.2, 0.25) is 0 Å². The van der Waals surface area contributed by atoms with Crippen molar-refractivity contribution in [2.45, 2.75) is 13.0 Å². The van der Waals surface area contributed by atoms with Crippen LogP contribution >= 0.6 is 0 Å². The first-order chi connectivity index (χ1) is 9.49. The molecule has 2 aromatic rings. The molecule has 1 unspecified atom stereocenters. The SMILES string of the molecule is CC(NC(=O)c1cc([N+](=O)[O-])ccc1N)c1ncc[nH]1. The van der Waals surface area contributed by atoms with Crippen LogP contribution in [0.3, 0.4) is 0 Å². The van der Waals surface area contributed by atoms with Gasteiger partial charge < -0.3 is 16.0 Å². The molecule has 1 amide bonds. The van der Waals surface area contributed by atoms with Crippen LogP contribution in [-0.2, 0) is 0 Å². The molecule has 1 aromatic heterocycles. The summed E-state index contributed by atoms with van der Waals surface area (Å²) in [6.45, 7) is 1.74. The molecule has 2 rings (SSSR count). The van der Waals surface area contributed by atoms with Crippen molar-refractivity contribution in [3.8, 4) is 0 Å². The second-order valence-electron chi connectivity index (χ2n) is 4.20. The molecule has 1 heterocycles. The van der Waals surface area contributed by atoms with Gasteiger partial charge in [0.15, 0.2) is 0 Å². The molecule has 0 saturated carbocycles. The minimum atomic E-state index is -0.577. The van der Waals surface area contributed by atoms with Crippen molar-refractivity contribution in [1.82, 2.24) is 15.3 Å². The standard InChI is InChI=1S/C12H13N5O3/c1-7(11-14-4-5-15-11)16-12(18)9-6-8(17(19)20)2-3-10(9)13/h2-7H,13H2,1H3,(H,14,15)(H,16,18). The number of nitrogens with zero attached hydrogens (tertiary/aromatic N) is 2. The van der Waals surface area contributed by atoms with E-state index < -0.39 is 10.8 Å². The van der Waals surface area contributed by atoms with Crippen molar-refractivity contribution in [2.24, 2.45) is 0 Å². The summed E-state index contributed by atoms with van der Waals surface area (Å²) in [6, 6.07) is 3.38. The van der Waals surface area contributed by atoms with Gasteiger partial charge in [-0.2, -0.15) is 0 Å². The van der Waals surface area contributed by atoms with E-state index in [1.807, 2.05) is 0 Å². The molecule has 8 nitrogen and oxygen atoms in total. The van der Waals surface area contributed by atoms with E-state index in [9.17, 15) is 14.9 Å². The lowest BCUT2D eigenvalue weighted by molar-refractivity contribution is -0.384. The number of carbonyl (C=O) groups excluding carboxylic acids is 1. The number of hydrogen-bond donors (Lipinski definition) is 3. The van der Waals surface area contributed by atoms with Crippen molar-refractivity contribution in [2.75, 3.05) is 5.73 Å². The predicted molar refractivity (Wildman–Crippen MR) is 72.0 cm³/mol. The van der Waals surface area contributed by atoms with E-state index in [-0.39, 0.29) is 23.0 Å². The molecule has 0 aliphatic heterocycles. The van der Waals surface area contributed by atoms with Crippen LogP contribution in [0.15, 0.2) is 30.6 Å². The topological polar surface area (TPSA) is 127 Å². The van der Waals surface area contributed by atoms with Crippen LogP contribution in [0.25, 0.3) is 0 Å². The number of nitrogens with two attached hydrogens (primary N) is 1. The van der Waals surface area contributed by atoms with Gasteiger partial charge in [0.1, 0.15) is 5.82 Å². The first-order valence-corrected chi connectivity index (χ1v) is 5.83. The molecule has 104 valence electrons. The number of aromatic amines is 1. The van der Waals surface area contributed by atoms with Crippen LogP contribution in [0.1, 0.15) is 29.1 Å². The van der Waals surface area contributed by atoms with Gasteiger partial charge in [0, 0.05) is 30.2 Å². The first-order valence-electron chi connectivity index (χ1n) is 5.83. The molecular formula is C12H13N5O3. The van der Waals surface area contributed by atoms with Gasteiger partial charge in [-0.15, -0.1) is 0 Å². The van der Waals surface area contributed by atoms with Crippen molar-refractivity contribution >= 4 is 17.3 Å². The van der Waals surface area contributed by atoms with E-state index in [0.29, 0.717) is 5.82 Å². The third kappa shape index (κ3) is 2.74. The van der Waals surface area contributed by atoms with E-state index in [2.05, 4.69) is 15.3 Å². The third-order valence-electron chi connectivity index (χ3n) is 2.77. The Morgan fingerprint density at radius 1 is 1.55 bits per heavy atom. The normalized spacial score (nSPS) is 11.8. The lowest BCUT2D eigenvalue weighted by Crippen LogP contribution is -2.28. The average molecular weight is 275 g/mol. The minimum Gasteiger partial charge on any atom is -0.398 e. The Bertz CT molecular complexity index is 639. The Morgan fingerprint density at radius 2 is 2.30 bits per heavy atom. The first kappa shape index (κ1) is 13.5. The van der Waals surface area contributed by atoms with Crippen LogP contribution < -0.4 is 11.1 Å². The second-order valence-corrected chi connectivity index (χ2v) is 4.20. The molecule has 4 N–H and O–H groups in total. The maximum Gasteiger partial charge on any atom is 0.270 e. The number of nitro benzene ring substituents is 1. The summed E-state index contributed by atoms with van der Waals surface area (Å²) >= 11 is 0. The van der Waals surface area contributed by atoms with E-state index in [0.717, 1.165) is 6.07 Å². The number of nitrogens with one attached hydrogen (secondary N) is 2. The maximum atomic E-state index is 12.1. The highest BCUT2D eigenvalue weighted by molar-refractivity contribution is 5.99. The molecule has 0 fully saturated rings. The molecule has 20 heavy (non-hydrogen) atoms. The molecule has 8 heteroatoms. The molecular weight excluding hydrogens is 262 g/mol. The number of H-pyrrole nitrogens is 1. The number of non-ortho nitro benzene ring substituents is 1. The molecule has 0 bridgehead atoms. The highest BCUT2D eigenvalue weighted by atomic mass is 16.6. The van der Waals surface area contributed by atoms with Crippen molar-refractivity contribution in [1.29, 1.82) is 0 Å². The fourth-order valence-corrected chi connectivity index (χ4v) is 1.71. The van der Waals surface area contributed by atoms with Crippen LogP contribution in [0, 0.1) is 10.1 Å². The van der Waals surface area contributed by atoms with E-state index in [1.165, 1.54) is 12.1 Å². The number of anilines is 1. The number of benzene rings is 1. The quantitative estimate of drug-likeness (QED) is 0.441. The fourth-order valence-electron chi connectivity index (χ4n) is 1.71. The van der Waals surface area contributed by atoms with Gasteiger partial charge in [0.25, 0.3) is 11.6 Å². The number of hydrogen-bond acceptors (Lipinski definition) is 5. The second kappa shape index (κ2) is 5.39. The maximum absolute atomic E-state index is 12.1. The number of rotatable bonds is 4. The van der Waals surface area contributed by atoms with E-state index in [1.54, 1.807) is 19.3 Å². The number of nitrogen functional groups attached to an aromatic ring is 1. The van der Waals surface area contributed by atoms with Gasteiger partial charge in [0.05, 0.1) is 16.5 Å². The molecule has 0 radical (unpaired) electrons. The average Bonchev–Trinajstić information content (AvgIpc) is 2.92. The Morgan fingerprint density at radius 3 is 2.90 bits per heavy atom. The number of nitro groups is 1. The van der Waals surface area contributed by atoms with Crippen molar-refractivity contribution in [3.05, 3.63) is 52.1 Å². The molecule has 0 spiro atoms. The Balaban J connectivity index is 2.20. The number of carbonyl (C=O) groups is 1. The van der Waals surface area contributed by atoms with Crippen LogP contribution in [-0.4, -0.2) is 20.8 Å². The van der Waals surface area contributed by atoms with E-state index in [4.69, 9.17) is 5.73 Å². The van der Waals surface area contributed by atoms with Gasteiger partial charge >= 0.3 is 0 Å². The zero-order valence-electron chi connectivity index (χ0n) is 10.7. The molecule has 0 aliphatic rings. The molecule has 1 atom stereocenters. The van der Waals surface area contributed by atoms with Gasteiger partial charge in [-0.25, -0.2) is 4.98 Å². The Hall–Kier alpha value is -2.90. The molecule has 1 aromatic carbocycles. The summed E-state index contributed by atoms with van der Waals surface area (Å²) in [5, 5.41) is 13.4. The zero-order chi connectivity index (χ0) is 14.7. The van der Waals surface area contributed by atoms with Crippen LogP contribution in [0.4, 0.5) is 11.4 Å². The zero-order valence-corrected chi connectivity index (χ0v) is 10.7. The molecule has 0 aliphatic carbocycles.